The van der Waals surface area contributed by atoms with Gasteiger partial charge in [0.1, 0.15) is 12.3 Å². The zero-order valence-electron chi connectivity index (χ0n) is 14.5. The van der Waals surface area contributed by atoms with Crippen molar-refractivity contribution in [3.63, 3.8) is 0 Å². The topological polar surface area (TPSA) is 58.6 Å². The van der Waals surface area contributed by atoms with Crippen LogP contribution in [-0.4, -0.2) is 25.5 Å². The Hall–Kier alpha value is -2.53. The Morgan fingerprint density at radius 2 is 1.84 bits per heavy atom. The van der Waals surface area contributed by atoms with Crippen LogP contribution in [0.15, 0.2) is 42.5 Å². The summed E-state index contributed by atoms with van der Waals surface area (Å²) in [7, 11) is 1.60. The summed E-state index contributed by atoms with van der Waals surface area (Å²) < 4.78 is 5.10. The number of ether oxygens (including phenoxy) is 1. The first kappa shape index (κ1) is 18.8. The van der Waals surface area contributed by atoms with Gasteiger partial charge in [-0.15, -0.1) is 0 Å². The molecule has 1 N–H and O–H groups in total. The van der Waals surface area contributed by atoms with Crippen LogP contribution < -0.4 is 15.0 Å². The Kier molecular flexibility index (Phi) is 6.42. The monoisotopic (exact) mass is 360 g/mol. The molecule has 2 aromatic rings. The first-order chi connectivity index (χ1) is 11.9. The smallest absolute Gasteiger partial charge is 0.240 e. The lowest BCUT2D eigenvalue weighted by Gasteiger charge is -2.21. The number of amides is 2. The second-order valence-corrected chi connectivity index (χ2v) is 6.07. The van der Waals surface area contributed by atoms with Gasteiger partial charge in [0.15, 0.2) is 0 Å². The quantitative estimate of drug-likeness (QED) is 0.859. The van der Waals surface area contributed by atoms with Gasteiger partial charge < -0.3 is 15.0 Å². The second kappa shape index (κ2) is 8.53. The molecule has 2 amide bonds. The van der Waals surface area contributed by atoms with Crippen LogP contribution in [0.3, 0.4) is 0 Å². The van der Waals surface area contributed by atoms with E-state index >= 15 is 0 Å². The normalized spacial score (nSPS) is 10.2. The van der Waals surface area contributed by atoms with Gasteiger partial charge in [0.25, 0.3) is 0 Å². The average Bonchev–Trinajstić information content (AvgIpc) is 2.60. The molecular weight excluding hydrogens is 340 g/mol. The SMILES string of the molecule is COc1ccc(CNC(=O)CN(C(C)=O)c2ccc(C)c(Cl)c2)cc1. The highest BCUT2D eigenvalue weighted by atomic mass is 35.5. The number of hydrogen-bond acceptors (Lipinski definition) is 3. The lowest BCUT2D eigenvalue weighted by Crippen LogP contribution is -2.39. The molecule has 5 nitrogen and oxygen atoms in total. The van der Waals surface area contributed by atoms with E-state index in [1.54, 1.807) is 19.2 Å². The molecular formula is C19H21ClN2O3. The molecule has 0 fully saturated rings. The van der Waals surface area contributed by atoms with Gasteiger partial charge in [-0.2, -0.15) is 0 Å². The zero-order chi connectivity index (χ0) is 18.4. The third-order valence-electron chi connectivity index (χ3n) is 3.80. The molecule has 2 rings (SSSR count). The summed E-state index contributed by atoms with van der Waals surface area (Å²) in [6.07, 6.45) is 0. The number of carbonyl (C=O) groups is 2. The van der Waals surface area contributed by atoms with Crippen LogP contribution in [0.1, 0.15) is 18.1 Å². The van der Waals surface area contributed by atoms with Crippen molar-refractivity contribution in [1.82, 2.24) is 5.32 Å². The van der Waals surface area contributed by atoms with Gasteiger partial charge in [0.05, 0.1) is 7.11 Å². The molecule has 0 bridgehead atoms. The van der Waals surface area contributed by atoms with Gasteiger partial charge >= 0.3 is 0 Å². The number of anilines is 1. The average molecular weight is 361 g/mol. The molecule has 0 saturated heterocycles. The van der Waals surface area contributed by atoms with Crippen LogP contribution in [0, 0.1) is 6.92 Å². The summed E-state index contributed by atoms with van der Waals surface area (Å²) in [6.45, 7) is 3.62. The van der Waals surface area contributed by atoms with E-state index in [1.165, 1.54) is 11.8 Å². The molecule has 0 heterocycles. The lowest BCUT2D eigenvalue weighted by atomic mass is 10.2. The fourth-order valence-corrected chi connectivity index (χ4v) is 2.45. The summed E-state index contributed by atoms with van der Waals surface area (Å²) >= 11 is 6.12. The fraction of sp³-hybridized carbons (Fsp3) is 0.263. The van der Waals surface area contributed by atoms with E-state index in [0.717, 1.165) is 16.9 Å². The van der Waals surface area contributed by atoms with Crippen molar-refractivity contribution in [2.24, 2.45) is 0 Å². The van der Waals surface area contributed by atoms with Crippen LogP contribution >= 0.6 is 11.6 Å². The van der Waals surface area contributed by atoms with Gasteiger partial charge in [0, 0.05) is 24.2 Å². The third kappa shape index (κ3) is 5.22. The van der Waals surface area contributed by atoms with Gasteiger partial charge in [-0.3, -0.25) is 9.59 Å². The molecule has 25 heavy (non-hydrogen) atoms. The van der Waals surface area contributed by atoms with Crippen LogP contribution in [0.5, 0.6) is 5.75 Å². The summed E-state index contributed by atoms with van der Waals surface area (Å²) in [5.41, 5.74) is 2.46. The van der Waals surface area contributed by atoms with Crippen molar-refractivity contribution in [1.29, 1.82) is 0 Å². The van der Waals surface area contributed by atoms with Gasteiger partial charge in [-0.05, 0) is 42.3 Å². The molecule has 0 aliphatic heterocycles. The Labute approximate surface area is 152 Å². The van der Waals surface area contributed by atoms with Crippen molar-refractivity contribution in [3.05, 3.63) is 58.6 Å². The van der Waals surface area contributed by atoms with Crippen LogP contribution in [-0.2, 0) is 16.1 Å². The molecule has 0 radical (unpaired) electrons. The fourth-order valence-electron chi connectivity index (χ4n) is 2.28. The van der Waals surface area contributed by atoms with E-state index in [-0.39, 0.29) is 18.4 Å². The Morgan fingerprint density at radius 1 is 1.16 bits per heavy atom. The molecule has 0 aliphatic carbocycles. The molecule has 0 spiro atoms. The highest BCUT2D eigenvalue weighted by Crippen LogP contribution is 2.23. The van der Waals surface area contributed by atoms with Crippen molar-refractivity contribution in [3.8, 4) is 5.75 Å². The number of methoxy groups -OCH3 is 1. The Balaban J connectivity index is 1.99. The van der Waals surface area contributed by atoms with Crippen molar-refractivity contribution in [2.75, 3.05) is 18.6 Å². The Bertz CT molecular complexity index is 760. The van der Waals surface area contributed by atoms with E-state index in [4.69, 9.17) is 16.3 Å². The predicted octanol–water partition coefficient (Wildman–Crippen LogP) is 3.33. The largest absolute Gasteiger partial charge is 0.497 e. The highest BCUT2D eigenvalue weighted by molar-refractivity contribution is 6.31. The molecule has 0 saturated carbocycles. The van der Waals surface area contributed by atoms with E-state index in [2.05, 4.69) is 5.32 Å². The van der Waals surface area contributed by atoms with Gasteiger partial charge in [-0.25, -0.2) is 0 Å². The number of hydrogen-bond donors (Lipinski definition) is 1. The van der Waals surface area contributed by atoms with Gasteiger partial charge in [-0.1, -0.05) is 29.8 Å². The third-order valence-corrected chi connectivity index (χ3v) is 4.20. The number of benzene rings is 2. The van der Waals surface area contributed by atoms with Gasteiger partial charge in [0.2, 0.25) is 11.8 Å². The maximum absolute atomic E-state index is 12.2. The standard InChI is InChI=1S/C19H21ClN2O3/c1-13-4-7-16(10-18(13)20)22(14(2)23)12-19(24)21-11-15-5-8-17(25-3)9-6-15/h4-10H,11-12H2,1-3H3,(H,21,24). The minimum atomic E-state index is -0.247. The predicted molar refractivity (Wildman–Crippen MR) is 99.1 cm³/mol. The molecule has 0 unspecified atom stereocenters. The maximum atomic E-state index is 12.2. The van der Waals surface area contributed by atoms with Crippen LogP contribution in [0.2, 0.25) is 5.02 Å². The molecule has 132 valence electrons. The van der Waals surface area contributed by atoms with Crippen LogP contribution in [0.4, 0.5) is 5.69 Å². The lowest BCUT2D eigenvalue weighted by molar-refractivity contribution is -0.123. The summed E-state index contributed by atoms with van der Waals surface area (Å²) in [4.78, 5) is 25.5. The number of halogens is 1. The molecule has 6 heteroatoms. The molecule has 2 aromatic carbocycles. The summed E-state index contributed by atoms with van der Waals surface area (Å²) in [6, 6.07) is 12.7. The number of rotatable bonds is 6. The van der Waals surface area contributed by atoms with Crippen LogP contribution in [0.25, 0.3) is 0 Å². The van der Waals surface area contributed by atoms with Crippen molar-refractivity contribution < 1.29 is 14.3 Å². The summed E-state index contributed by atoms with van der Waals surface area (Å²) in [5.74, 6) is 0.288. The summed E-state index contributed by atoms with van der Waals surface area (Å²) in [5, 5.41) is 3.37. The zero-order valence-corrected chi connectivity index (χ0v) is 15.3. The first-order valence-corrected chi connectivity index (χ1v) is 8.22. The minimum Gasteiger partial charge on any atom is -0.497 e. The van der Waals surface area contributed by atoms with E-state index < -0.39 is 0 Å². The molecule has 0 atom stereocenters. The Morgan fingerprint density at radius 3 is 2.40 bits per heavy atom. The number of aryl methyl sites for hydroxylation is 1. The number of nitrogens with one attached hydrogen (secondary N) is 1. The minimum absolute atomic E-state index is 0.0646. The van der Waals surface area contributed by atoms with E-state index in [0.29, 0.717) is 17.3 Å². The highest BCUT2D eigenvalue weighted by Gasteiger charge is 2.16. The molecule has 0 aromatic heterocycles. The first-order valence-electron chi connectivity index (χ1n) is 7.84. The maximum Gasteiger partial charge on any atom is 0.240 e. The van der Waals surface area contributed by atoms with Crippen molar-refractivity contribution in [2.45, 2.75) is 20.4 Å². The van der Waals surface area contributed by atoms with Crippen molar-refractivity contribution >= 4 is 29.1 Å². The second-order valence-electron chi connectivity index (χ2n) is 5.66. The molecule has 0 aliphatic rings. The van der Waals surface area contributed by atoms with E-state index in [1.807, 2.05) is 37.3 Å². The van der Waals surface area contributed by atoms with E-state index in [9.17, 15) is 9.59 Å². The number of carbonyl (C=O) groups excluding carboxylic acids is 2. The number of nitrogens with zero attached hydrogens (tertiary/aromatic N) is 1.